The molecule has 1 aliphatic rings. The Hall–Kier alpha value is -3.74. The van der Waals surface area contributed by atoms with Gasteiger partial charge in [0.1, 0.15) is 17.1 Å². The van der Waals surface area contributed by atoms with E-state index in [1.54, 1.807) is 18.5 Å². The van der Waals surface area contributed by atoms with E-state index in [1.165, 1.54) is 12.8 Å². The minimum absolute atomic E-state index is 0.0692. The molecule has 1 aromatic carbocycles. The average Bonchev–Trinajstić information content (AvgIpc) is 2.83. The van der Waals surface area contributed by atoms with Gasteiger partial charge in [-0.25, -0.2) is 4.98 Å². The number of pyridine rings is 2. The molecule has 162 valence electrons. The lowest BCUT2D eigenvalue weighted by Crippen LogP contribution is -2.34. The van der Waals surface area contributed by atoms with Gasteiger partial charge < -0.3 is 15.3 Å². The Bertz CT molecular complexity index is 1220. The molecule has 1 saturated heterocycles. The van der Waals surface area contributed by atoms with Gasteiger partial charge in [0.05, 0.1) is 17.4 Å². The first-order chi connectivity index (χ1) is 15.7. The normalized spacial score (nSPS) is 16.3. The van der Waals surface area contributed by atoms with Crippen LogP contribution in [0.3, 0.4) is 0 Å². The smallest absolute Gasteiger partial charge is 0.151 e. The van der Waals surface area contributed by atoms with Crippen molar-refractivity contribution in [2.24, 2.45) is 5.92 Å². The zero-order valence-corrected chi connectivity index (χ0v) is 18.1. The maximum absolute atomic E-state index is 10.6. The van der Waals surface area contributed by atoms with Crippen molar-refractivity contribution in [2.45, 2.75) is 26.3 Å². The summed E-state index contributed by atoms with van der Waals surface area (Å²) in [4.78, 5) is 11.2. The number of aromatic nitrogens is 4. The fourth-order valence-corrected chi connectivity index (χ4v) is 4.27. The maximum atomic E-state index is 10.6. The molecule has 1 atom stereocenters. The summed E-state index contributed by atoms with van der Waals surface area (Å²) in [5.41, 5.74) is 3.76. The van der Waals surface area contributed by atoms with Crippen LogP contribution in [0.4, 0.5) is 11.5 Å². The van der Waals surface area contributed by atoms with Crippen molar-refractivity contribution in [3.63, 3.8) is 0 Å². The van der Waals surface area contributed by atoms with Crippen LogP contribution in [-0.4, -0.2) is 38.4 Å². The number of benzene rings is 1. The Morgan fingerprint density at radius 1 is 1.09 bits per heavy atom. The Labute approximate surface area is 187 Å². The summed E-state index contributed by atoms with van der Waals surface area (Å²) in [5.74, 6) is 1.61. The van der Waals surface area contributed by atoms with E-state index in [0.717, 1.165) is 41.1 Å². The van der Waals surface area contributed by atoms with Crippen LogP contribution in [0.5, 0.6) is 5.75 Å². The maximum Gasteiger partial charge on any atom is 0.151 e. The van der Waals surface area contributed by atoms with E-state index in [2.05, 4.69) is 37.3 Å². The molecule has 2 N–H and O–H groups in total. The Morgan fingerprint density at radius 3 is 2.81 bits per heavy atom. The number of rotatable bonds is 5. The second-order valence-corrected chi connectivity index (χ2v) is 8.41. The second kappa shape index (κ2) is 8.78. The number of para-hydroxylation sites is 1. The Kier molecular flexibility index (Phi) is 5.54. The number of nitrogens with one attached hydrogen (secondary N) is 1. The van der Waals surface area contributed by atoms with Crippen molar-refractivity contribution < 1.29 is 5.11 Å². The topological polar surface area (TPSA) is 87.1 Å². The minimum atomic E-state index is 0.0692. The molecule has 0 saturated carbocycles. The molecule has 3 aromatic heterocycles. The first-order valence-electron chi connectivity index (χ1n) is 11.0. The van der Waals surface area contributed by atoms with Gasteiger partial charge in [-0.15, -0.1) is 10.2 Å². The fraction of sp³-hybridized carbons (Fsp3) is 0.280. The third-order valence-electron chi connectivity index (χ3n) is 5.94. The molecule has 1 aliphatic heterocycles. The molecular formula is C25H26N6O. The van der Waals surface area contributed by atoms with Crippen LogP contribution in [-0.2, 0) is 6.54 Å². The molecule has 0 spiro atoms. The summed E-state index contributed by atoms with van der Waals surface area (Å²) >= 11 is 0. The lowest BCUT2D eigenvalue weighted by atomic mass is 10.0. The van der Waals surface area contributed by atoms with E-state index < -0.39 is 0 Å². The Morgan fingerprint density at radius 2 is 2.00 bits per heavy atom. The predicted octanol–water partition coefficient (Wildman–Crippen LogP) is 4.64. The number of hydrogen-bond donors (Lipinski definition) is 2. The van der Waals surface area contributed by atoms with Crippen LogP contribution in [0, 0.1) is 5.92 Å². The molecule has 0 radical (unpaired) electrons. The molecule has 1 fully saturated rings. The van der Waals surface area contributed by atoms with Crippen molar-refractivity contribution in [3.05, 3.63) is 66.5 Å². The van der Waals surface area contributed by atoms with Gasteiger partial charge in [-0.1, -0.05) is 31.2 Å². The summed E-state index contributed by atoms with van der Waals surface area (Å²) in [6.07, 6.45) is 5.94. The van der Waals surface area contributed by atoms with Crippen LogP contribution in [0.2, 0.25) is 0 Å². The number of aromatic hydroxyl groups is 1. The fourth-order valence-electron chi connectivity index (χ4n) is 4.27. The van der Waals surface area contributed by atoms with Gasteiger partial charge in [0, 0.05) is 37.3 Å². The molecule has 4 heterocycles. The number of fused-ring (bicyclic) bond motifs is 1. The van der Waals surface area contributed by atoms with Gasteiger partial charge in [-0.3, -0.25) is 4.98 Å². The monoisotopic (exact) mass is 426 g/mol. The Balaban J connectivity index is 1.30. The third kappa shape index (κ3) is 4.19. The number of piperidine rings is 1. The minimum Gasteiger partial charge on any atom is -0.506 e. The highest BCUT2D eigenvalue weighted by atomic mass is 16.3. The third-order valence-corrected chi connectivity index (χ3v) is 5.94. The van der Waals surface area contributed by atoms with E-state index >= 15 is 0 Å². The van der Waals surface area contributed by atoms with Crippen LogP contribution in [0.25, 0.3) is 22.3 Å². The van der Waals surface area contributed by atoms with E-state index in [0.29, 0.717) is 23.9 Å². The SMILES string of the molecule is CC1CCCN(c2ccc(-c3ncc(NCc4cccc5cccnc45)cc3O)nn2)C1. The van der Waals surface area contributed by atoms with E-state index in [4.69, 9.17) is 0 Å². The molecule has 5 rings (SSSR count). The van der Waals surface area contributed by atoms with Crippen molar-refractivity contribution >= 4 is 22.4 Å². The molecular weight excluding hydrogens is 400 g/mol. The van der Waals surface area contributed by atoms with E-state index in [9.17, 15) is 5.11 Å². The van der Waals surface area contributed by atoms with E-state index in [-0.39, 0.29) is 5.75 Å². The zero-order chi connectivity index (χ0) is 21.9. The van der Waals surface area contributed by atoms with Gasteiger partial charge >= 0.3 is 0 Å². The van der Waals surface area contributed by atoms with Gasteiger partial charge in [-0.05, 0) is 42.5 Å². The highest BCUT2D eigenvalue weighted by molar-refractivity contribution is 5.81. The lowest BCUT2D eigenvalue weighted by molar-refractivity contribution is 0.443. The molecule has 32 heavy (non-hydrogen) atoms. The summed E-state index contributed by atoms with van der Waals surface area (Å²) in [5, 5.41) is 23.7. The van der Waals surface area contributed by atoms with Crippen LogP contribution < -0.4 is 10.2 Å². The second-order valence-electron chi connectivity index (χ2n) is 8.41. The first kappa shape index (κ1) is 20.2. The van der Waals surface area contributed by atoms with E-state index in [1.807, 2.05) is 42.5 Å². The van der Waals surface area contributed by atoms with Crippen molar-refractivity contribution in [1.29, 1.82) is 0 Å². The predicted molar refractivity (Wildman–Crippen MR) is 127 cm³/mol. The van der Waals surface area contributed by atoms with Gasteiger partial charge in [0.2, 0.25) is 0 Å². The van der Waals surface area contributed by atoms with Gasteiger partial charge in [0.25, 0.3) is 0 Å². The van der Waals surface area contributed by atoms with Crippen molar-refractivity contribution in [3.8, 4) is 17.1 Å². The van der Waals surface area contributed by atoms with Crippen LogP contribution in [0.1, 0.15) is 25.3 Å². The number of hydrogen-bond acceptors (Lipinski definition) is 7. The molecule has 0 amide bonds. The molecule has 7 nitrogen and oxygen atoms in total. The molecule has 0 bridgehead atoms. The lowest BCUT2D eigenvalue weighted by Gasteiger charge is -2.31. The van der Waals surface area contributed by atoms with Crippen LogP contribution >= 0.6 is 0 Å². The summed E-state index contributed by atoms with van der Waals surface area (Å²) in [7, 11) is 0. The molecule has 7 heteroatoms. The summed E-state index contributed by atoms with van der Waals surface area (Å²) in [6, 6.07) is 15.6. The summed E-state index contributed by atoms with van der Waals surface area (Å²) in [6.45, 7) is 4.86. The number of anilines is 2. The van der Waals surface area contributed by atoms with Gasteiger partial charge in [-0.2, -0.15) is 0 Å². The van der Waals surface area contributed by atoms with Gasteiger partial charge in [0.15, 0.2) is 5.82 Å². The van der Waals surface area contributed by atoms with Crippen molar-refractivity contribution in [2.75, 3.05) is 23.3 Å². The average molecular weight is 427 g/mol. The molecule has 4 aromatic rings. The highest BCUT2D eigenvalue weighted by Gasteiger charge is 2.18. The largest absolute Gasteiger partial charge is 0.506 e. The first-order valence-corrected chi connectivity index (χ1v) is 11.0. The van der Waals surface area contributed by atoms with Crippen LogP contribution in [0.15, 0.2) is 60.9 Å². The van der Waals surface area contributed by atoms with Crippen molar-refractivity contribution in [1.82, 2.24) is 20.2 Å². The standard InChI is InChI=1S/C25H26N6O/c1-17-5-4-12-31(16-17)23-10-9-21(29-30-23)25-22(32)13-20(15-28-25)27-14-19-7-2-6-18-8-3-11-26-24(18)19/h2-3,6-11,13,15,17,27,32H,4-5,12,14,16H2,1H3. The quantitative estimate of drug-likeness (QED) is 0.481. The zero-order valence-electron chi connectivity index (χ0n) is 18.1. The molecule has 0 aliphatic carbocycles. The highest BCUT2D eigenvalue weighted by Crippen LogP contribution is 2.29. The molecule has 1 unspecified atom stereocenters. The summed E-state index contributed by atoms with van der Waals surface area (Å²) < 4.78 is 0. The number of nitrogens with zero attached hydrogens (tertiary/aromatic N) is 5.